The van der Waals surface area contributed by atoms with Gasteiger partial charge >= 0.3 is 5.97 Å². The van der Waals surface area contributed by atoms with E-state index in [0.29, 0.717) is 31.3 Å². The molecule has 4 N–H and O–H groups in total. The van der Waals surface area contributed by atoms with Crippen LogP contribution in [0.15, 0.2) is 23.8 Å². The number of ether oxygens (including phenoxy) is 2. The normalized spacial score (nSPS) is 23.7. The lowest BCUT2D eigenvalue weighted by Gasteiger charge is -2.22. The smallest absolute Gasteiger partial charge is 0.334 e. The zero-order valence-corrected chi connectivity index (χ0v) is 26.6. The van der Waals surface area contributed by atoms with Gasteiger partial charge in [-0.25, -0.2) is 4.79 Å². The first-order valence-electron chi connectivity index (χ1n) is 17.2. The zero-order valence-electron chi connectivity index (χ0n) is 26.6. The molecule has 2 aliphatic heterocycles. The summed E-state index contributed by atoms with van der Waals surface area (Å²) in [4.78, 5) is 11.6. The Balaban J connectivity index is 1.43. The van der Waals surface area contributed by atoms with Gasteiger partial charge in [-0.15, -0.1) is 0 Å². The van der Waals surface area contributed by atoms with Gasteiger partial charge in [-0.05, 0) is 77.2 Å². The number of cyclic esters (lactones) is 1. The van der Waals surface area contributed by atoms with Gasteiger partial charge in [0, 0.05) is 12.0 Å². The molecule has 1 fully saturated rings. The van der Waals surface area contributed by atoms with E-state index in [1.165, 1.54) is 38.5 Å². The maximum atomic E-state index is 11.6. The highest BCUT2D eigenvalue weighted by Gasteiger charge is 2.34. The first-order chi connectivity index (χ1) is 20.3. The number of allylic oxidation sites excluding steroid dienone is 2. The summed E-state index contributed by atoms with van der Waals surface area (Å²) in [5.74, 6) is -0.316. The summed E-state index contributed by atoms with van der Waals surface area (Å²) in [7, 11) is 0. The first-order valence-corrected chi connectivity index (χ1v) is 17.2. The third-order valence-electron chi connectivity index (χ3n) is 8.77. The summed E-state index contributed by atoms with van der Waals surface area (Å²) in [6.45, 7) is 4.06. The van der Waals surface area contributed by atoms with Gasteiger partial charge in [0.15, 0.2) is 0 Å². The summed E-state index contributed by atoms with van der Waals surface area (Å²) in [5, 5.41) is 41.7. The second kappa shape index (κ2) is 22.3. The number of hydrogen-bond acceptors (Lipinski definition) is 7. The second-order valence-corrected chi connectivity index (χ2v) is 12.8. The largest absolute Gasteiger partial charge is 0.455 e. The fourth-order valence-electron chi connectivity index (χ4n) is 6.12. The number of unbranched alkanes of at least 4 members (excludes halogenated alkanes) is 9. The van der Waals surface area contributed by atoms with E-state index in [4.69, 9.17) is 9.47 Å². The SMILES string of the molecule is CCCCCCCC/C=C\CC[C@H](O)[C@@H]1CC[C@@H]([C@H](O)CCCC[C@H](O)CCCCC[C@@H](O)CC2=C[C@H](C)OC2=O)O1. The fourth-order valence-corrected chi connectivity index (χ4v) is 6.12. The molecule has 2 rings (SSSR count). The zero-order chi connectivity index (χ0) is 30.6. The molecule has 7 atom stereocenters. The van der Waals surface area contributed by atoms with Crippen molar-refractivity contribution in [3.8, 4) is 0 Å². The Morgan fingerprint density at radius 3 is 1.95 bits per heavy atom. The minimum Gasteiger partial charge on any atom is -0.455 e. The maximum Gasteiger partial charge on any atom is 0.334 e. The number of aliphatic hydroxyl groups excluding tert-OH is 4. The van der Waals surface area contributed by atoms with E-state index in [2.05, 4.69) is 19.1 Å². The molecule has 0 unspecified atom stereocenters. The molecular formula is C35H62O7. The number of esters is 1. The summed E-state index contributed by atoms with van der Waals surface area (Å²) in [6, 6.07) is 0. The Kier molecular flexibility index (Phi) is 19.6. The molecule has 2 aliphatic rings. The number of rotatable bonds is 25. The average molecular weight is 595 g/mol. The molecule has 0 aromatic heterocycles. The molecule has 0 bridgehead atoms. The van der Waals surface area contributed by atoms with E-state index in [1.807, 2.05) is 6.92 Å². The van der Waals surface area contributed by atoms with E-state index in [-0.39, 0.29) is 30.4 Å². The molecule has 7 nitrogen and oxygen atoms in total. The monoisotopic (exact) mass is 594 g/mol. The van der Waals surface area contributed by atoms with Crippen LogP contribution >= 0.6 is 0 Å². The van der Waals surface area contributed by atoms with Crippen molar-refractivity contribution in [2.75, 3.05) is 0 Å². The first kappa shape index (κ1) is 36.9. The Morgan fingerprint density at radius 1 is 0.738 bits per heavy atom. The van der Waals surface area contributed by atoms with E-state index < -0.39 is 18.3 Å². The maximum absolute atomic E-state index is 11.6. The predicted molar refractivity (Wildman–Crippen MR) is 168 cm³/mol. The summed E-state index contributed by atoms with van der Waals surface area (Å²) < 4.78 is 11.1. The van der Waals surface area contributed by atoms with Crippen LogP contribution in [-0.4, -0.2) is 69.1 Å². The number of hydrogen-bond donors (Lipinski definition) is 4. The van der Waals surface area contributed by atoms with Crippen LogP contribution in [0.3, 0.4) is 0 Å². The van der Waals surface area contributed by atoms with Gasteiger partial charge in [0.25, 0.3) is 0 Å². The lowest BCUT2D eigenvalue weighted by Crippen LogP contribution is -2.31. The fraction of sp³-hybridized carbons (Fsp3) is 0.857. The molecule has 1 saturated heterocycles. The Morgan fingerprint density at radius 2 is 1.29 bits per heavy atom. The second-order valence-electron chi connectivity index (χ2n) is 12.8. The molecule has 244 valence electrons. The molecule has 0 amide bonds. The topological polar surface area (TPSA) is 116 Å². The van der Waals surface area contributed by atoms with Crippen LogP contribution in [0.1, 0.15) is 149 Å². The molecule has 7 heteroatoms. The van der Waals surface area contributed by atoms with E-state index >= 15 is 0 Å². The molecule has 0 aromatic carbocycles. The Bertz CT molecular complexity index is 766. The van der Waals surface area contributed by atoms with Crippen molar-refractivity contribution in [2.24, 2.45) is 0 Å². The van der Waals surface area contributed by atoms with Crippen LogP contribution in [0, 0.1) is 0 Å². The lowest BCUT2D eigenvalue weighted by atomic mass is 9.99. The van der Waals surface area contributed by atoms with Crippen molar-refractivity contribution in [3.05, 3.63) is 23.8 Å². The van der Waals surface area contributed by atoms with Gasteiger partial charge in [-0.1, -0.05) is 83.3 Å². The van der Waals surface area contributed by atoms with Crippen LogP contribution in [0.4, 0.5) is 0 Å². The molecule has 0 aliphatic carbocycles. The molecular weight excluding hydrogens is 532 g/mol. The van der Waals surface area contributed by atoms with Gasteiger partial charge in [0.05, 0.1) is 36.6 Å². The standard InChI is InChI=1S/C35H62O7/c1-3-4-5-6-7-8-9-10-11-15-21-31(38)33-23-24-34(42-33)32(39)22-17-16-19-29(36)18-13-12-14-20-30(37)26-28-25-27(2)41-35(28)40/h10-11,25,27,29-34,36-39H,3-9,12-24,26H2,1-2H3/b11-10-/t27-,29+,30+,31-,32+,33-,34-/m0/s1. The highest BCUT2D eigenvalue weighted by atomic mass is 16.5. The Labute approximate surface area is 255 Å². The van der Waals surface area contributed by atoms with Crippen LogP contribution in [0.25, 0.3) is 0 Å². The molecule has 42 heavy (non-hydrogen) atoms. The number of carbonyl (C=O) groups is 1. The quantitative estimate of drug-likeness (QED) is 0.0520. The van der Waals surface area contributed by atoms with Crippen molar-refractivity contribution in [3.63, 3.8) is 0 Å². The van der Waals surface area contributed by atoms with Crippen LogP contribution in [0.2, 0.25) is 0 Å². The molecule has 0 radical (unpaired) electrons. The molecule has 0 aromatic rings. The van der Waals surface area contributed by atoms with Crippen LogP contribution in [-0.2, 0) is 14.3 Å². The van der Waals surface area contributed by atoms with Gasteiger partial charge in [0.1, 0.15) is 6.10 Å². The highest BCUT2D eigenvalue weighted by Crippen LogP contribution is 2.28. The minimum atomic E-state index is -0.533. The van der Waals surface area contributed by atoms with Crippen molar-refractivity contribution < 1.29 is 34.7 Å². The Hall–Kier alpha value is -1.25. The summed E-state index contributed by atoms with van der Waals surface area (Å²) in [5.41, 5.74) is 0.574. The van der Waals surface area contributed by atoms with Crippen LogP contribution < -0.4 is 0 Å². The lowest BCUT2D eigenvalue weighted by molar-refractivity contribution is -0.139. The molecule has 0 saturated carbocycles. The molecule has 0 spiro atoms. The number of carbonyl (C=O) groups excluding carboxylic acids is 1. The third kappa shape index (κ3) is 16.0. The predicted octanol–water partition coefficient (Wildman–Crippen LogP) is 6.84. The third-order valence-corrected chi connectivity index (χ3v) is 8.77. The van der Waals surface area contributed by atoms with Crippen LogP contribution in [0.5, 0.6) is 0 Å². The van der Waals surface area contributed by atoms with E-state index in [9.17, 15) is 25.2 Å². The molecule has 2 heterocycles. The summed E-state index contributed by atoms with van der Waals surface area (Å²) in [6.07, 6.45) is 23.4. The van der Waals surface area contributed by atoms with Crippen molar-refractivity contribution in [1.29, 1.82) is 0 Å². The highest BCUT2D eigenvalue weighted by molar-refractivity contribution is 5.90. The minimum absolute atomic E-state index is 0.181. The number of aliphatic hydroxyl groups is 4. The van der Waals surface area contributed by atoms with E-state index in [0.717, 1.165) is 70.6 Å². The van der Waals surface area contributed by atoms with Gasteiger partial charge in [0.2, 0.25) is 0 Å². The van der Waals surface area contributed by atoms with Crippen molar-refractivity contribution in [2.45, 2.75) is 191 Å². The van der Waals surface area contributed by atoms with Crippen molar-refractivity contribution in [1.82, 2.24) is 0 Å². The van der Waals surface area contributed by atoms with E-state index in [1.54, 1.807) is 6.08 Å². The van der Waals surface area contributed by atoms with Gasteiger partial charge < -0.3 is 29.9 Å². The van der Waals surface area contributed by atoms with Gasteiger partial charge in [-0.2, -0.15) is 0 Å². The van der Waals surface area contributed by atoms with Crippen molar-refractivity contribution >= 4 is 5.97 Å². The van der Waals surface area contributed by atoms with Gasteiger partial charge in [-0.3, -0.25) is 0 Å². The average Bonchev–Trinajstić information content (AvgIpc) is 3.58. The summed E-state index contributed by atoms with van der Waals surface area (Å²) >= 11 is 0.